The number of carboxylic acids is 2. The molecule has 0 fully saturated rings. The molecule has 0 saturated carbocycles. The van der Waals surface area contributed by atoms with E-state index >= 15 is 0 Å². The molecule has 17 nitrogen and oxygen atoms in total. The summed E-state index contributed by atoms with van der Waals surface area (Å²) in [5, 5.41) is 42.5. The number of para-hydroxylation sites is 1. The van der Waals surface area contributed by atoms with Crippen molar-refractivity contribution in [3.05, 3.63) is 36.0 Å². The Labute approximate surface area is 315 Å². The van der Waals surface area contributed by atoms with E-state index in [1.807, 2.05) is 27.7 Å². The van der Waals surface area contributed by atoms with Gasteiger partial charge in [-0.05, 0) is 48.6 Å². The Morgan fingerprint density at radius 1 is 0.722 bits per heavy atom. The summed E-state index contributed by atoms with van der Waals surface area (Å²) in [7, 11) is 0. The summed E-state index contributed by atoms with van der Waals surface area (Å²) in [5.74, 6) is -7.09. The van der Waals surface area contributed by atoms with Gasteiger partial charge in [0, 0.05) is 29.9 Å². The Hall–Kier alpha value is -5.03. The van der Waals surface area contributed by atoms with E-state index in [0.29, 0.717) is 18.4 Å². The second-order valence-electron chi connectivity index (χ2n) is 14.5. The number of benzene rings is 1. The van der Waals surface area contributed by atoms with Crippen LogP contribution in [-0.4, -0.2) is 105 Å². The summed E-state index contributed by atoms with van der Waals surface area (Å²) in [6, 6.07) is -0.594. The van der Waals surface area contributed by atoms with E-state index < -0.39 is 103 Å². The van der Waals surface area contributed by atoms with Crippen molar-refractivity contribution in [1.29, 1.82) is 0 Å². The van der Waals surface area contributed by atoms with E-state index in [0.717, 1.165) is 10.9 Å². The predicted molar refractivity (Wildman–Crippen MR) is 200 cm³/mol. The molecule has 2 aromatic rings. The molecule has 0 radical (unpaired) electrons. The zero-order valence-corrected chi connectivity index (χ0v) is 31.8. The van der Waals surface area contributed by atoms with Crippen molar-refractivity contribution < 1.29 is 48.9 Å². The monoisotopic (exact) mass is 759 g/mol. The summed E-state index contributed by atoms with van der Waals surface area (Å²) >= 11 is 0. The van der Waals surface area contributed by atoms with E-state index in [1.54, 1.807) is 44.3 Å². The zero-order valence-electron chi connectivity index (χ0n) is 31.8. The lowest BCUT2D eigenvalue weighted by Gasteiger charge is -2.29. The summed E-state index contributed by atoms with van der Waals surface area (Å²) in [4.78, 5) is 93.4. The SMILES string of the molecule is CC[C@H](C)[C@H](NC(=O)[C@H](CC(C)C)NC(=O)[C@@H](N)CC(C)C)C(=O)N[C@@H](CCC(=O)O)C(=O)N[C@@H](CO)C(=O)N[C@@H](Cc1c[nH]c2ccccc12)C(=O)O. The zero-order chi connectivity index (χ0) is 40.7. The minimum absolute atomic E-state index is 0.0293. The van der Waals surface area contributed by atoms with Crippen molar-refractivity contribution in [3.8, 4) is 0 Å². The molecule has 1 aromatic carbocycles. The maximum atomic E-state index is 13.7. The molecule has 300 valence electrons. The number of carbonyl (C=O) groups is 7. The highest BCUT2D eigenvalue weighted by atomic mass is 16.4. The number of fused-ring (bicyclic) bond motifs is 1. The van der Waals surface area contributed by atoms with Gasteiger partial charge in [-0.1, -0.05) is 66.2 Å². The number of amides is 5. The maximum Gasteiger partial charge on any atom is 0.326 e. The topological polar surface area (TPSA) is 282 Å². The van der Waals surface area contributed by atoms with E-state index in [1.165, 1.54) is 0 Å². The van der Waals surface area contributed by atoms with Gasteiger partial charge in [-0.3, -0.25) is 28.8 Å². The van der Waals surface area contributed by atoms with Crippen LogP contribution in [0.2, 0.25) is 0 Å². The number of aromatic amines is 1. The summed E-state index contributed by atoms with van der Waals surface area (Å²) < 4.78 is 0. The Bertz CT molecular complexity index is 1610. The number of aromatic nitrogens is 1. The molecule has 54 heavy (non-hydrogen) atoms. The van der Waals surface area contributed by atoms with E-state index in [4.69, 9.17) is 5.73 Å². The number of aliphatic carboxylic acids is 2. The first-order chi connectivity index (χ1) is 25.4. The third-order valence-corrected chi connectivity index (χ3v) is 9.00. The molecule has 0 aliphatic heterocycles. The molecule has 7 atom stereocenters. The largest absolute Gasteiger partial charge is 0.481 e. The number of hydrogen-bond donors (Lipinski definition) is 10. The fraction of sp³-hybridized carbons (Fsp3) is 0.595. The van der Waals surface area contributed by atoms with Gasteiger partial charge in [0.05, 0.1) is 12.6 Å². The standard InChI is InChI=1S/C37H57N7O10/c1-7-21(6)31(44-34(50)27(15-20(4)5)41-32(48)24(38)14-19(2)3)36(52)40-26(12-13-30(46)47)33(49)43-29(18-45)35(51)42-28(37(53)54)16-22-17-39-25-11-9-8-10-23(22)25/h8-11,17,19-21,24,26-29,31,39,45H,7,12-16,18,38H2,1-6H3,(H,40,52)(H,41,48)(H,42,51)(H,43,49)(H,44,50)(H,46,47)(H,53,54)/t21-,24-,26-,27-,28-,29-,31-/m0/s1. The van der Waals surface area contributed by atoms with Crippen molar-refractivity contribution in [2.24, 2.45) is 23.5 Å². The minimum atomic E-state index is -1.67. The Balaban J connectivity index is 2.24. The molecular formula is C37H57N7O10. The van der Waals surface area contributed by atoms with Gasteiger partial charge in [0.1, 0.15) is 30.2 Å². The molecule has 2 rings (SSSR count). The fourth-order valence-corrected chi connectivity index (χ4v) is 5.81. The molecule has 0 spiro atoms. The lowest BCUT2D eigenvalue weighted by Crippen LogP contribution is -2.61. The average Bonchev–Trinajstić information content (AvgIpc) is 3.51. The number of carbonyl (C=O) groups excluding carboxylic acids is 5. The van der Waals surface area contributed by atoms with Crippen LogP contribution >= 0.6 is 0 Å². The number of nitrogens with one attached hydrogen (secondary N) is 6. The van der Waals surface area contributed by atoms with Crippen LogP contribution in [0.15, 0.2) is 30.5 Å². The molecule has 0 unspecified atom stereocenters. The summed E-state index contributed by atoms with van der Waals surface area (Å²) in [6.07, 6.45) is 1.53. The predicted octanol–water partition coefficient (Wildman–Crippen LogP) is 0.542. The first-order valence-electron chi connectivity index (χ1n) is 18.3. The van der Waals surface area contributed by atoms with E-state index in [2.05, 4.69) is 31.6 Å². The van der Waals surface area contributed by atoms with Crippen LogP contribution in [0.25, 0.3) is 10.9 Å². The van der Waals surface area contributed by atoms with Crippen LogP contribution in [0.5, 0.6) is 0 Å². The Kier molecular flexibility index (Phi) is 18.1. The van der Waals surface area contributed by atoms with Crippen molar-refractivity contribution >= 4 is 52.4 Å². The number of carboxylic acid groups (broad SMARTS) is 2. The highest BCUT2D eigenvalue weighted by molar-refractivity contribution is 5.96. The van der Waals surface area contributed by atoms with Crippen LogP contribution in [0.4, 0.5) is 0 Å². The van der Waals surface area contributed by atoms with E-state index in [9.17, 15) is 48.9 Å². The fourth-order valence-electron chi connectivity index (χ4n) is 5.81. The first-order valence-corrected chi connectivity index (χ1v) is 18.3. The summed E-state index contributed by atoms with van der Waals surface area (Å²) in [5.41, 5.74) is 7.41. The molecule has 1 heterocycles. The van der Waals surface area contributed by atoms with Gasteiger partial charge in [-0.15, -0.1) is 0 Å². The van der Waals surface area contributed by atoms with E-state index in [-0.39, 0.29) is 24.7 Å². The second-order valence-corrected chi connectivity index (χ2v) is 14.5. The third-order valence-electron chi connectivity index (χ3n) is 9.00. The lowest BCUT2D eigenvalue weighted by atomic mass is 9.96. The smallest absolute Gasteiger partial charge is 0.326 e. The average molecular weight is 760 g/mol. The number of rotatable bonds is 23. The molecule has 0 saturated heterocycles. The highest BCUT2D eigenvalue weighted by Crippen LogP contribution is 2.19. The number of nitrogens with two attached hydrogens (primary N) is 1. The molecule has 11 N–H and O–H groups in total. The van der Waals surface area contributed by atoms with Gasteiger partial charge < -0.3 is 52.6 Å². The molecule has 5 amide bonds. The number of aliphatic hydroxyl groups excluding tert-OH is 1. The van der Waals surface area contributed by atoms with Crippen molar-refractivity contribution in [1.82, 2.24) is 31.6 Å². The molecule has 17 heteroatoms. The number of H-pyrrole nitrogens is 1. The Morgan fingerprint density at radius 2 is 1.28 bits per heavy atom. The van der Waals surface area contributed by atoms with Crippen molar-refractivity contribution in [2.45, 2.75) is 116 Å². The highest BCUT2D eigenvalue weighted by Gasteiger charge is 2.35. The third kappa shape index (κ3) is 14.1. The quantitative estimate of drug-likeness (QED) is 0.0747. The summed E-state index contributed by atoms with van der Waals surface area (Å²) in [6.45, 7) is 10.0. The van der Waals surface area contributed by atoms with Gasteiger partial charge >= 0.3 is 11.9 Å². The van der Waals surface area contributed by atoms with Crippen LogP contribution in [0.1, 0.15) is 79.2 Å². The second kappa shape index (κ2) is 21.6. The van der Waals surface area contributed by atoms with Crippen molar-refractivity contribution in [3.63, 3.8) is 0 Å². The minimum Gasteiger partial charge on any atom is -0.481 e. The van der Waals surface area contributed by atoms with Gasteiger partial charge in [0.2, 0.25) is 29.5 Å². The molecular weight excluding hydrogens is 702 g/mol. The molecule has 0 aliphatic carbocycles. The van der Waals surface area contributed by atoms with Gasteiger partial charge in [0.15, 0.2) is 0 Å². The number of hydrogen-bond acceptors (Lipinski definition) is 9. The van der Waals surface area contributed by atoms with Gasteiger partial charge in [-0.2, -0.15) is 0 Å². The van der Waals surface area contributed by atoms with Crippen molar-refractivity contribution in [2.75, 3.05) is 6.61 Å². The molecule has 0 aliphatic rings. The number of aliphatic hydroxyl groups is 1. The normalized spacial score (nSPS) is 15.3. The van der Waals surface area contributed by atoms with Crippen LogP contribution < -0.4 is 32.3 Å². The van der Waals surface area contributed by atoms with Gasteiger partial charge in [0.25, 0.3) is 0 Å². The van der Waals surface area contributed by atoms with Crippen LogP contribution in [-0.2, 0) is 40.0 Å². The van der Waals surface area contributed by atoms with Gasteiger partial charge in [-0.25, -0.2) is 4.79 Å². The van der Waals surface area contributed by atoms with Crippen LogP contribution in [0.3, 0.4) is 0 Å². The molecule has 0 bridgehead atoms. The lowest BCUT2D eigenvalue weighted by molar-refractivity contribution is -0.142. The maximum absolute atomic E-state index is 13.7. The first kappa shape index (κ1) is 45.1. The Morgan fingerprint density at radius 3 is 1.85 bits per heavy atom. The molecule has 1 aromatic heterocycles. The van der Waals surface area contributed by atoms with Crippen LogP contribution in [0, 0.1) is 17.8 Å².